The molecule has 152 valence electrons. The van der Waals surface area contributed by atoms with Gasteiger partial charge in [-0.05, 0) is 35.6 Å². The number of benzene rings is 2. The van der Waals surface area contributed by atoms with Crippen molar-refractivity contribution in [3.05, 3.63) is 64.4 Å². The number of anilines is 2. The maximum atomic E-state index is 12.2. The number of nitrogens with zero attached hydrogens (tertiary/aromatic N) is 1. The Labute approximate surface area is 169 Å². The first-order valence-corrected chi connectivity index (χ1v) is 9.66. The molecular formula is C22H27N5O2. The Morgan fingerprint density at radius 2 is 1.86 bits per heavy atom. The largest absolute Gasteiger partial charge is 0.399 e. The van der Waals surface area contributed by atoms with Gasteiger partial charge in [0.05, 0.1) is 5.39 Å². The number of hydrogen-bond acceptors (Lipinski definition) is 5. The van der Waals surface area contributed by atoms with E-state index in [-0.39, 0.29) is 16.9 Å². The van der Waals surface area contributed by atoms with Gasteiger partial charge in [-0.25, -0.2) is 5.10 Å². The molecule has 0 atom stereocenters. The van der Waals surface area contributed by atoms with Crippen LogP contribution in [0.5, 0.6) is 0 Å². The van der Waals surface area contributed by atoms with Crippen LogP contribution in [0.3, 0.4) is 0 Å². The summed E-state index contributed by atoms with van der Waals surface area (Å²) < 4.78 is 0. The Bertz CT molecular complexity index is 1060. The lowest BCUT2D eigenvalue weighted by atomic mass is 9.93. The Morgan fingerprint density at radius 3 is 2.62 bits per heavy atom. The normalized spacial score (nSPS) is 11.4. The summed E-state index contributed by atoms with van der Waals surface area (Å²) >= 11 is 0. The van der Waals surface area contributed by atoms with E-state index in [1.165, 1.54) is 0 Å². The van der Waals surface area contributed by atoms with Crippen LogP contribution in [0.4, 0.5) is 11.5 Å². The highest BCUT2D eigenvalue weighted by Gasteiger charge is 2.20. The van der Waals surface area contributed by atoms with Gasteiger partial charge in [-0.15, -0.1) is 0 Å². The highest BCUT2D eigenvalue weighted by atomic mass is 16.1. The second-order valence-electron chi connectivity index (χ2n) is 7.99. The molecule has 0 saturated heterocycles. The molecule has 0 aliphatic carbocycles. The van der Waals surface area contributed by atoms with Crippen LogP contribution >= 0.6 is 0 Å². The van der Waals surface area contributed by atoms with Gasteiger partial charge >= 0.3 is 0 Å². The van der Waals surface area contributed by atoms with E-state index in [4.69, 9.17) is 5.73 Å². The summed E-state index contributed by atoms with van der Waals surface area (Å²) in [6.07, 6.45) is 1.07. The number of nitrogen functional groups attached to an aromatic ring is 1. The Morgan fingerprint density at radius 1 is 1.10 bits per heavy atom. The molecule has 1 aromatic heterocycles. The maximum Gasteiger partial charge on any atom is 0.272 e. The molecule has 0 radical (unpaired) electrons. The number of hydrogen-bond donors (Lipinski definition) is 4. The van der Waals surface area contributed by atoms with Gasteiger partial charge in [0.1, 0.15) is 0 Å². The minimum absolute atomic E-state index is 0.00751. The standard InChI is InChI=1S/C22H27N5O2/c1-22(2,13-24-19(28)11-10-15-6-5-7-16(23)12-15)14-25-20-17-8-3-4-9-18(17)21(29)27-26-20/h3-9,12H,10-11,13-14,23H2,1-2H3,(H,24,28)(H,25,26)(H,27,29). The molecule has 1 heterocycles. The molecule has 0 aliphatic rings. The van der Waals surface area contributed by atoms with Gasteiger partial charge in [0.15, 0.2) is 5.82 Å². The predicted octanol–water partition coefficient (Wildman–Crippen LogP) is 2.69. The van der Waals surface area contributed by atoms with E-state index in [2.05, 4.69) is 34.7 Å². The molecule has 0 spiro atoms. The Hall–Kier alpha value is -3.35. The van der Waals surface area contributed by atoms with Crippen molar-refractivity contribution in [2.45, 2.75) is 26.7 Å². The van der Waals surface area contributed by atoms with E-state index in [1.807, 2.05) is 42.5 Å². The van der Waals surface area contributed by atoms with E-state index in [9.17, 15) is 9.59 Å². The van der Waals surface area contributed by atoms with Gasteiger partial charge in [0.2, 0.25) is 5.91 Å². The minimum Gasteiger partial charge on any atom is -0.399 e. The number of carbonyl (C=O) groups excluding carboxylic acids is 1. The van der Waals surface area contributed by atoms with Crippen LogP contribution < -0.4 is 21.9 Å². The maximum absolute atomic E-state index is 12.2. The fourth-order valence-corrected chi connectivity index (χ4v) is 3.07. The van der Waals surface area contributed by atoms with Crippen molar-refractivity contribution in [1.82, 2.24) is 15.5 Å². The topological polar surface area (TPSA) is 113 Å². The first kappa shape index (κ1) is 20.4. The van der Waals surface area contributed by atoms with Crippen LogP contribution in [0.1, 0.15) is 25.8 Å². The van der Waals surface area contributed by atoms with Crippen molar-refractivity contribution in [2.75, 3.05) is 24.1 Å². The highest BCUT2D eigenvalue weighted by molar-refractivity contribution is 5.90. The molecule has 7 heteroatoms. The summed E-state index contributed by atoms with van der Waals surface area (Å²) in [7, 11) is 0. The second kappa shape index (κ2) is 8.77. The lowest BCUT2D eigenvalue weighted by molar-refractivity contribution is -0.121. The first-order valence-electron chi connectivity index (χ1n) is 9.66. The fraction of sp³-hybridized carbons (Fsp3) is 0.318. The van der Waals surface area contributed by atoms with Crippen LogP contribution in [0.2, 0.25) is 0 Å². The second-order valence-corrected chi connectivity index (χ2v) is 7.99. The molecule has 29 heavy (non-hydrogen) atoms. The van der Waals surface area contributed by atoms with Crippen molar-refractivity contribution in [3.63, 3.8) is 0 Å². The van der Waals surface area contributed by atoms with Crippen LogP contribution in [0, 0.1) is 5.41 Å². The van der Waals surface area contributed by atoms with Gasteiger partial charge in [0, 0.05) is 30.6 Å². The van der Waals surface area contributed by atoms with Crippen molar-refractivity contribution in [1.29, 1.82) is 0 Å². The van der Waals surface area contributed by atoms with Crippen LogP contribution in [-0.2, 0) is 11.2 Å². The summed E-state index contributed by atoms with van der Waals surface area (Å²) in [6.45, 7) is 5.24. The molecule has 7 nitrogen and oxygen atoms in total. The molecule has 0 unspecified atom stereocenters. The molecule has 5 N–H and O–H groups in total. The zero-order chi connectivity index (χ0) is 20.9. The number of nitrogens with two attached hydrogens (primary N) is 1. The number of H-pyrrole nitrogens is 1. The molecule has 0 fully saturated rings. The number of rotatable bonds is 8. The molecule has 0 bridgehead atoms. The number of aromatic nitrogens is 2. The summed E-state index contributed by atoms with van der Waals surface area (Å²) in [5, 5.41) is 14.3. The third kappa shape index (κ3) is 5.57. The first-order chi connectivity index (χ1) is 13.8. The third-order valence-corrected chi connectivity index (χ3v) is 4.79. The summed E-state index contributed by atoms with van der Waals surface area (Å²) in [5.74, 6) is 0.634. The number of fused-ring (bicyclic) bond motifs is 1. The zero-order valence-electron chi connectivity index (χ0n) is 16.8. The van der Waals surface area contributed by atoms with Crippen LogP contribution in [0.25, 0.3) is 10.8 Å². The molecule has 0 saturated carbocycles. The molecule has 2 aromatic carbocycles. The van der Waals surface area contributed by atoms with Crippen molar-refractivity contribution >= 4 is 28.2 Å². The zero-order valence-corrected chi connectivity index (χ0v) is 16.8. The monoisotopic (exact) mass is 393 g/mol. The Balaban J connectivity index is 1.52. The lowest BCUT2D eigenvalue weighted by Crippen LogP contribution is -2.38. The average molecular weight is 393 g/mol. The predicted molar refractivity (Wildman–Crippen MR) is 117 cm³/mol. The summed E-state index contributed by atoms with van der Waals surface area (Å²) in [4.78, 5) is 24.1. The molecule has 3 rings (SSSR count). The molecule has 0 aliphatic heterocycles. The van der Waals surface area contributed by atoms with E-state index in [0.717, 1.165) is 10.9 Å². The molecular weight excluding hydrogens is 366 g/mol. The van der Waals surface area contributed by atoms with Gasteiger partial charge < -0.3 is 16.4 Å². The van der Waals surface area contributed by atoms with E-state index in [0.29, 0.717) is 42.8 Å². The molecule has 3 aromatic rings. The Kier molecular flexibility index (Phi) is 6.16. The van der Waals surface area contributed by atoms with Crippen LogP contribution in [-0.4, -0.2) is 29.2 Å². The van der Waals surface area contributed by atoms with E-state index in [1.54, 1.807) is 6.07 Å². The van der Waals surface area contributed by atoms with Gasteiger partial charge in [-0.2, -0.15) is 5.10 Å². The fourth-order valence-electron chi connectivity index (χ4n) is 3.07. The minimum atomic E-state index is -0.210. The van der Waals surface area contributed by atoms with E-state index >= 15 is 0 Å². The van der Waals surface area contributed by atoms with Crippen molar-refractivity contribution < 1.29 is 4.79 Å². The third-order valence-electron chi connectivity index (χ3n) is 4.79. The SMILES string of the molecule is CC(C)(CNC(=O)CCc1cccc(N)c1)CNc1n[nH]c(=O)c2ccccc12. The summed E-state index contributed by atoms with van der Waals surface area (Å²) in [5.41, 5.74) is 7.12. The number of carbonyl (C=O) groups is 1. The number of aryl methyl sites for hydroxylation is 1. The number of amides is 1. The lowest BCUT2D eigenvalue weighted by Gasteiger charge is -2.26. The smallest absolute Gasteiger partial charge is 0.272 e. The molecule has 1 amide bonds. The highest BCUT2D eigenvalue weighted by Crippen LogP contribution is 2.20. The van der Waals surface area contributed by atoms with Gasteiger partial charge in [-0.1, -0.05) is 44.2 Å². The number of nitrogens with one attached hydrogen (secondary N) is 3. The van der Waals surface area contributed by atoms with Crippen molar-refractivity contribution in [2.24, 2.45) is 5.41 Å². The van der Waals surface area contributed by atoms with Gasteiger partial charge in [-0.3, -0.25) is 9.59 Å². The number of aromatic amines is 1. The summed E-state index contributed by atoms with van der Waals surface area (Å²) in [6, 6.07) is 14.9. The van der Waals surface area contributed by atoms with Crippen molar-refractivity contribution in [3.8, 4) is 0 Å². The van der Waals surface area contributed by atoms with Gasteiger partial charge in [0.25, 0.3) is 5.56 Å². The van der Waals surface area contributed by atoms with Crippen LogP contribution in [0.15, 0.2) is 53.3 Å². The average Bonchev–Trinajstić information content (AvgIpc) is 2.71. The quantitative estimate of drug-likeness (QED) is 0.440. The van der Waals surface area contributed by atoms with E-state index < -0.39 is 0 Å².